The van der Waals surface area contributed by atoms with Gasteiger partial charge in [0.2, 0.25) is 10.0 Å². The highest BCUT2D eigenvalue weighted by atomic mass is 79.9. The third-order valence-corrected chi connectivity index (χ3v) is 4.04. The molecule has 0 unspecified atom stereocenters. The van der Waals surface area contributed by atoms with Crippen molar-refractivity contribution in [3.05, 3.63) is 58.3 Å². The molecule has 6 nitrogen and oxygen atoms in total. The van der Waals surface area contributed by atoms with Crippen molar-refractivity contribution in [3.63, 3.8) is 0 Å². The molecule has 0 radical (unpaired) electrons. The predicted octanol–water partition coefficient (Wildman–Crippen LogP) is 2.71. The minimum atomic E-state index is -3.34. The Morgan fingerprint density at radius 3 is 2.65 bits per heavy atom. The molecule has 1 amide bonds. The minimum Gasteiger partial charge on any atom is -0.345 e. The standard InChI is InChI=1S/C15H16BrN3O3S/c1-10(18-15(20)12-6-13(16)9-17-8-12)11-4-3-5-14(7-11)19-23(2,21)22/h3-10,19H,1-2H3,(H,18,20)/t10-/m1/s1. The molecule has 1 aromatic heterocycles. The van der Waals surface area contributed by atoms with Crippen molar-refractivity contribution in [2.75, 3.05) is 11.0 Å². The van der Waals surface area contributed by atoms with Crippen molar-refractivity contribution in [2.45, 2.75) is 13.0 Å². The highest BCUT2D eigenvalue weighted by Crippen LogP contribution is 2.19. The van der Waals surface area contributed by atoms with Crippen LogP contribution in [0.3, 0.4) is 0 Å². The van der Waals surface area contributed by atoms with Crippen LogP contribution in [0.15, 0.2) is 47.2 Å². The maximum atomic E-state index is 12.2. The van der Waals surface area contributed by atoms with E-state index in [4.69, 9.17) is 0 Å². The van der Waals surface area contributed by atoms with Crippen LogP contribution in [0.25, 0.3) is 0 Å². The number of carbonyl (C=O) groups excluding carboxylic acids is 1. The van der Waals surface area contributed by atoms with Gasteiger partial charge < -0.3 is 5.32 Å². The third-order valence-electron chi connectivity index (χ3n) is 3.00. The summed E-state index contributed by atoms with van der Waals surface area (Å²) in [6.07, 6.45) is 4.17. The van der Waals surface area contributed by atoms with Crippen LogP contribution >= 0.6 is 15.9 Å². The fraction of sp³-hybridized carbons (Fsp3) is 0.200. The van der Waals surface area contributed by atoms with Crippen LogP contribution in [-0.2, 0) is 10.0 Å². The lowest BCUT2D eigenvalue weighted by Crippen LogP contribution is -2.26. The first kappa shape index (κ1) is 17.4. The number of carbonyl (C=O) groups is 1. The van der Waals surface area contributed by atoms with Crippen molar-refractivity contribution in [3.8, 4) is 0 Å². The number of amides is 1. The molecule has 1 aromatic carbocycles. The molecule has 8 heteroatoms. The second kappa shape index (κ2) is 7.10. The van der Waals surface area contributed by atoms with Crippen LogP contribution in [0, 0.1) is 0 Å². The second-order valence-corrected chi connectivity index (χ2v) is 7.75. The van der Waals surface area contributed by atoms with Crippen molar-refractivity contribution < 1.29 is 13.2 Å². The summed E-state index contributed by atoms with van der Waals surface area (Å²) in [6, 6.07) is 8.27. The largest absolute Gasteiger partial charge is 0.345 e. The monoisotopic (exact) mass is 397 g/mol. The number of aromatic nitrogens is 1. The number of halogens is 1. The zero-order valence-electron chi connectivity index (χ0n) is 12.6. The van der Waals surface area contributed by atoms with Crippen molar-refractivity contribution >= 4 is 37.5 Å². The van der Waals surface area contributed by atoms with E-state index in [9.17, 15) is 13.2 Å². The number of sulfonamides is 1. The lowest BCUT2D eigenvalue weighted by Gasteiger charge is -2.15. The van der Waals surface area contributed by atoms with Crippen LogP contribution < -0.4 is 10.0 Å². The molecule has 1 atom stereocenters. The van der Waals surface area contributed by atoms with Gasteiger partial charge in [-0.05, 0) is 46.6 Å². The van der Waals surface area contributed by atoms with Gasteiger partial charge in [-0.1, -0.05) is 12.1 Å². The molecule has 2 N–H and O–H groups in total. The Hall–Kier alpha value is -1.93. The number of hydrogen-bond acceptors (Lipinski definition) is 4. The van der Waals surface area contributed by atoms with Gasteiger partial charge in [0.25, 0.3) is 5.91 Å². The molecule has 0 saturated carbocycles. The molecule has 0 bridgehead atoms. The van der Waals surface area contributed by atoms with Crippen LogP contribution in [0.1, 0.15) is 28.9 Å². The zero-order valence-corrected chi connectivity index (χ0v) is 15.0. The quantitative estimate of drug-likeness (QED) is 0.811. The summed E-state index contributed by atoms with van der Waals surface area (Å²) in [6.45, 7) is 1.82. The molecule has 2 aromatic rings. The first-order chi connectivity index (χ1) is 10.7. The molecule has 0 aliphatic heterocycles. The Bertz CT molecular complexity index is 824. The number of pyridine rings is 1. The van der Waals surface area contributed by atoms with Gasteiger partial charge in [0.1, 0.15) is 0 Å². The number of benzene rings is 1. The van der Waals surface area contributed by atoms with E-state index < -0.39 is 10.0 Å². The van der Waals surface area contributed by atoms with E-state index in [1.807, 2.05) is 13.0 Å². The summed E-state index contributed by atoms with van der Waals surface area (Å²) in [7, 11) is -3.34. The van der Waals surface area contributed by atoms with Gasteiger partial charge in [0.15, 0.2) is 0 Å². The fourth-order valence-electron chi connectivity index (χ4n) is 1.98. The van der Waals surface area contributed by atoms with Gasteiger partial charge in [-0.25, -0.2) is 8.42 Å². The normalized spacial score (nSPS) is 12.5. The molecule has 0 aliphatic carbocycles. The summed E-state index contributed by atoms with van der Waals surface area (Å²) in [5.74, 6) is -0.257. The molecule has 1 heterocycles. The van der Waals surface area contributed by atoms with E-state index in [0.717, 1.165) is 16.3 Å². The van der Waals surface area contributed by atoms with Gasteiger partial charge in [-0.15, -0.1) is 0 Å². The topological polar surface area (TPSA) is 88.2 Å². The number of hydrogen-bond donors (Lipinski definition) is 2. The van der Waals surface area contributed by atoms with Crippen LogP contribution in [0.2, 0.25) is 0 Å². The van der Waals surface area contributed by atoms with Gasteiger partial charge in [-0.2, -0.15) is 0 Å². The maximum Gasteiger partial charge on any atom is 0.253 e. The number of anilines is 1. The Morgan fingerprint density at radius 2 is 2.00 bits per heavy atom. The molecule has 2 rings (SSSR count). The Kier molecular flexibility index (Phi) is 5.38. The summed E-state index contributed by atoms with van der Waals surface area (Å²) < 4.78 is 25.7. The first-order valence-electron chi connectivity index (χ1n) is 6.74. The number of rotatable bonds is 5. The van der Waals surface area contributed by atoms with Crippen molar-refractivity contribution in [1.82, 2.24) is 10.3 Å². The minimum absolute atomic E-state index is 0.257. The van der Waals surface area contributed by atoms with Crippen molar-refractivity contribution in [2.24, 2.45) is 0 Å². The van der Waals surface area contributed by atoms with Gasteiger partial charge in [-0.3, -0.25) is 14.5 Å². The van der Waals surface area contributed by atoms with E-state index in [-0.39, 0.29) is 11.9 Å². The Balaban J connectivity index is 2.13. The summed E-state index contributed by atoms with van der Waals surface area (Å²) in [4.78, 5) is 16.2. The zero-order chi connectivity index (χ0) is 17.0. The molecule has 0 fully saturated rings. The summed E-state index contributed by atoms with van der Waals surface area (Å²) in [5.41, 5.74) is 1.68. The summed E-state index contributed by atoms with van der Waals surface area (Å²) in [5, 5.41) is 2.85. The van der Waals surface area contributed by atoms with Crippen LogP contribution in [0.5, 0.6) is 0 Å². The average Bonchev–Trinajstić information content (AvgIpc) is 2.45. The van der Waals surface area contributed by atoms with Crippen LogP contribution in [0.4, 0.5) is 5.69 Å². The van der Waals surface area contributed by atoms with Gasteiger partial charge >= 0.3 is 0 Å². The van der Waals surface area contributed by atoms with E-state index in [0.29, 0.717) is 11.3 Å². The highest BCUT2D eigenvalue weighted by molar-refractivity contribution is 9.10. The lowest BCUT2D eigenvalue weighted by atomic mass is 10.1. The van der Waals surface area contributed by atoms with E-state index >= 15 is 0 Å². The molecule has 122 valence electrons. The molecule has 0 spiro atoms. The Morgan fingerprint density at radius 1 is 1.26 bits per heavy atom. The van der Waals surface area contributed by atoms with Gasteiger partial charge in [0.05, 0.1) is 17.9 Å². The SMILES string of the molecule is C[C@@H](NC(=O)c1cncc(Br)c1)c1cccc(NS(C)(=O)=O)c1. The van der Waals surface area contributed by atoms with Crippen LogP contribution in [-0.4, -0.2) is 25.6 Å². The average molecular weight is 398 g/mol. The molecular weight excluding hydrogens is 382 g/mol. The molecule has 0 saturated heterocycles. The van der Waals surface area contributed by atoms with Crippen molar-refractivity contribution in [1.29, 1.82) is 0 Å². The van der Waals surface area contributed by atoms with E-state index in [1.165, 1.54) is 6.20 Å². The maximum absolute atomic E-state index is 12.2. The lowest BCUT2D eigenvalue weighted by molar-refractivity contribution is 0.0939. The fourth-order valence-corrected chi connectivity index (χ4v) is 2.90. The first-order valence-corrected chi connectivity index (χ1v) is 9.42. The smallest absolute Gasteiger partial charge is 0.253 e. The van der Waals surface area contributed by atoms with E-state index in [2.05, 4.69) is 31.0 Å². The van der Waals surface area contributed by atoms with Gasteiger partial charge in [0, 0.05) is 22.6 Å². The molecular formula is C15H16BrN3O3S. The second-order valence-electron chi connectivity index (χ2n) is 5.09. The molecule has 23 heavy (non-hydrogen) atoms. The highest BCUT2D eigenvalue weighted by Gasteiger charge is 2.13. The number of nitrogens with zero attached hydrogens (tertiary/aromatic N) is 1. The number of nitrogens with one attached hydrogen (secondary N) is 2. The molecule has 0 aliphatic rings. The third kappa shape index (κ3) is 5.33. The summed E-state index contributed by atoms with van der Waals surface area (Å²) >= 11 is 3.27. The Labute approximate surface area is 143 Å². The predicted molar refractivity (Wildman–Crippen MR) is 92.7 cm³/mol. The van der Waals surface area contributed by atoms with E-state index in [1.54, 1.807) is 30.5 Å².